The molecule has 0 spiro atoms. The van der Waals surface area contributed by atoms with Gasteiger partial charge in [-0.3, -0.25) is 4.79 Å². The van der Waals surface area contributed by atoms with Crippen LogP contribution in [0.5, 0.6) is 0 Å². The standard InChI is InChI=1S/C14H18ClN3O3/c1-7(2)11-16-6-9(15)10(17-11)12(19)18-14(3,13(20)21)8-4-5-8/h6-8H,4-5H2,1-3H3,(H,18,19)(H,20,21)/t14-/m1/s1. The molecule has 1 fully saturated rings. The van der Waals surface area contributed by atoms with Crippen molar-refractivity contribution in [1.82, 2.24) is 15.3 Å². The second-order valence-electron chi connectivity index (χ2n) is 5.82. The van der Waals surface area contributed by atoms with Crippen LogP contribution in [-0.4, -0.2) is 32.5 Å². The van der Waals surface area contributed by atoms with Crippen molar-refractivity contribution in [3.05, 3.63) is 22.7 Å². The van der Waals surface area contributed by atoms with Gasteiger partial charge in [0.2, 0.25) is 0 Å². The number of hydrogen-bond donors (Lipinski definition) is 2. The number of amides is 1. The number of aromatic nitrogens is 2. The van der Waals surface area contributed by atoms with Crippen molar-refractivity contribution in [1.29, 1.82) is 0 Å². The third kappa shape index (κ3) is 3.15. The lowest BCUT2D eigenvalue weighted by Gasteiger charge is -2.26. The maximum absolute atomic E-state index is 12.3. The van der Waals surface area contributed by atoms with Gasteiger partial charge in [0.25, 0.3) is 5.91 Å². The molecule has 6 nitrogen and oxygen atoms in total. The number of halogens is 1. The monoisotopic (exact) mass is 311 g/mol. The summed E-state index contributed by atoms with van der Waals surface area (Å²) in [5.41, 5.74) is -1.27. The van der Waals surface area contributed by atoms with Crippen LogP contribution in [0.3, 0.4) is 0 Å². The Bertz CT molecular complexity index is 587. The van der Waals surface area contributed by atoms with E-state index >= 15 is 0 Å². The number of carboxylic acid groups (broad SMARTS) is 1. The van der Waals surface area contributed by atoms with Gasteiger partial charge >= 0.3 is 5.97 Å². The predicted molar refractivity (Wildman–Crippen MR) is 77.4 cm³/mol. The average Bonchev–Trinajstić information content (AvgIpc) is 3.22. The first-order valence-electron chi connectivity index (χ1n) is 6.84. The van der Waals surface area contributed by atoms with Crippen LogP contribution in [0.4, 0.5) is 0 Å². The van der Waals surface area contributed by atoms with Crippen LogP contribution in [-0.2, 0) is 4.79 Å². The highest BCUT2D eigenvalue weighted by Crippen LogP contribution is 2.40. The number of carbonyl (C=O) groups excluding carboxylic acids is 1. The lowest BCUT2D eigenvalue weighted by atomic mass is 9.96. The maximum Gasteiger partial charge on any atom is 0.329 e. The van der Waals surface area contributed by atoms with Crippen molar-refractivity contribution in [3.8, 4) is 0 Å². The molecule has 2 N–H and O–H groups in total. The molecule has 0 aromatic carbocycles. The summed E-state index contributed by atoms with van der Waals surface area (Å²) in [6.07, 6.45) is 2.95. The van der Waals surface area contributed by atoms with Gasteiger partial charge in [-0.2, -0.15) is 0 Å². The zero-order chi connectivity index (χ0) is 15.8. The van der Waals surface area contributed by atoms with Gasteiger partial charge in [0.05, 0.1) is 11.2 Å². The minimum Gasteiger partial charge on any atom is -0.480 e. The topological polar surface area (TPSA) is 92.2 Å². The van der Waals surface area contributed by atoms with Gasteiger partial charge in [-0.05, 0) is 25.7 Å². The quantitative estimate of drug-likeness (QED) is 0.870. The third-order valence-corrected chi connectivity index (χ3v) is 3.98. The highest BCUT2D eigenvalue weighted by Gasteiger charge is 2.49. The molecule has 114 valence electrons. The van der Waals surface area contributed by atoms with Crippen molar-refractivity contribution in [2.24, 2.45) is 5.92 Å². The van der Waals surface area contributed by atoms with Crippen molar-refractivity contribution < 1.29 is 14.7 Å². The molecule has 1 atom stereocenters. The Morgan fingerprint density at radius 1 is 1.48 bits per heavy atom. The maximum atomic E-state index is 12.3. The summed E-state index contributed by atoms with van der Waals surface area (Å²) in [6.45, 7) is 5.32. The molecule has 1 aliphatic rings. The second-order valence-corrected chi connectivity index (χ2v) is 6.22. The summed E-state index contributed by atoms with van der Waals surface area (Å²) in [4.78, 5) is 32.0. The normalized spacial score (nSPS) is 17.4. The molecular weight excluding hydrogens is 294 g/mol. The number of carbonyl (C=O) groups is 2. The van der Waals surface area contributed by atoms with Gasteiger partial charge in [0.1, 0.15) is 17.1 Å². The number of nitrogens with zero attached hydrogens (tertiary/aromatic N) is 2. The second kappa shape index (κ2) is 5.60. The molecule has 0 bridgehead atoms. The van der Waals surface area contributed by atoms with Gasteiger partial charge in [-0.1, -0.05) is 25.4 Å². The van der Waals surface area contributed by atoms with Crippen LogP contribution < -0.4 is 5.32 Å². The Morgan fingerprint density at radius 3 is 2.57 bits per heavy atom. The molecule has 0 radical (unpaired) electrons. The Labute approximate surface area is 127 Å². The molecule has 21 heavy (non-hydrogen) atoms. The summed E-state index contributed by atoms with van der Waals surface area (Å²) in [5, 5.41) is 12.0. The van der Waals surface area contributed by atoms with E-state index in [0.717, 1.165) is 12.8 Å². The summed E-state index contributed by atoms with van der Waals surface area (Å²) in [6, 6.07) is 0. The molecule has 0 unspecified atom stereocenters. The van der Waals surface area contributed by atoms with Crippen molar-refractivity contribution >= 4 is 23.5 Å². The van der Waals surface area contributed by atoms with Gasteiger partial charge in [-0.15, -0.1) is 0 Å². The SMILES string of the molecule is CC(C)c1ncc(Cl)c(C(=O)N[C@@](C)(C(=O)O)C2CC2)n1. The minimum absolute atomic E-state index is 0.0171. The van der Waals surface area contributed by atoms with E-state index in [1.165, 1.54) is 13.1 Å². The van der Waals surface area contributed by atoms with Gasteiger partial charge < -0.3 is 10.4 Å². The van der Waals surface area contributed by atoms with Crippen LogP contribution in [0.15, 0.2) is 6.20 Å². The first kappa shape index (κ1) is 15.7. The van der Waals surface area contributed by atoms with Gasteiger partial charge in [-0.25, -0.2) is 14.8 Å². The summed E-state index contributed by atoms with van der Waals surface area (Å²) in [7, 11) is 0. The first-order valence-corrected chi connectivity index (χ1v) is 7.22. The molecule has 0 aliphatic heterocycles. The van der Waals surface area contributed by atoms with Crippen LogP contribution in [0.2, 0.25) is 5.02 Å². The van der Waals surface area contributed by atoms with E-state index in [4.69, 9.17) is 11.6 Å². The lowest BCUT2D eigenvalue weighted by Crippen LogP contribution is -2.54. The fourth-order valence-corrected chi connectivity index (χ4v) is 2.28. The Kier molecular flexibility index (Phi) is 4.18. The largest absolute Gasteiger partial charge is 0.480 e. The van der Waals surface area contributed by atoms with Crippen molar-refractivity contribution in [2.75, 3.05) is 0 Å². The third-order valence-electron chi connectivity index (χ3n) is 3.71. The lowest BCUT2D eigenvalue weighted by molar-refractivity contribution is -0.144. The smallest absolute Gasteiger partial charge is 0.329 e. The van der Waals surface area contributed by atoms with Crippen molar-refractivity contribution in [2.45, 2.75) is 45.1 Å². The van der Waals surface area contributed by atoms with E-state index in [1.807, 2.05) is 13.8 Å². The average molecular weight is 312 g/mol. The van der Waals surface area contributed by atoms with E-state index in [1.54, 1.807) is 0 Å². The first-order chi connectivity index (χ1) is 9.75. The molecule has 1 aromatic rings. The van der Waals surface area contributed by atoms with Gasteiger partial charge in [0.15, 0.2) is 0 Å². The summed E-state index contributed by atoms with van der Waals surface area (Å²) < 4.78 is 0. The molecule has 1 saturated carbocycles. The minimum atomic E-state index is -1.29. The van der Waals surface area contributed by atoms with Crippen LogP contribution in [0, 0.1) is 5.92 Å². The summed E-state index contributed by atoms with van der Waals surface area (Å²) in [5.74, 6) is -1.14. The van der Waals surface area contributed by atoms with E-state index in [2.05, 4.69) is 15.3 Å². The number of nitrogens with one attached hydrogen (secondary N) is 1. The molecular formula is C14H18ClN3O3. The zero-order valence-electron chi connectivity index (χ0n) is 12.2. The molecule has 1 amide bonds. The van der Waals surface area contributed by atoms with Crippen LogP contribution in [0.25, 0.3) is 0 Å². The fraction of sp³-hybridized carbons (Fsp3) is 0.571. The highest BCUT2D eigenvalue weighted by atomic mass is 35.5. The molecule has 0 saturated heterocycles. The number of rotatable bonds is 5. The zero-order valence-corrected chi connectivity index (χ0v) is 12.9. The van der Waals surface area contributed by atoms with Crippen LogP contribution >= 0.6 is 11.6 Å². The van der Waals surface area contributed by atoms with Gasteiger partial charge in [0, 0.05) is 5.92 Å². The summed E-state index contributed by atoms with van der Waals surface area (Å²) >= 11 is 5.97. The Hall–Kier alpha value is -1.69. The van der Waals surface area contributed by atoms with E-state index in [0.29, 0.717) is 5.82 Å². The highest BCUT2D eigenvalue weighted by molar-refractivity contribution is 6.33. The predicted octanol–water partition coefficient (Wildman–Crippen LogP) is 2.24. The van der Waals surface area contributed by atoms with E-state index < -0.39 is 17.4 Å². The molecule has 2 rings (SSSR count). The number of hydrogen-bond acceptors (Lipinski definition) is 4. The number of aliphatic carboxylic acids is 1. The number of carboxylic acids is 1. The molecule has 7 heteroatoms. The van der Waals surface area contributed by atoms with E-state index in [-0.39, 0.29) is 22.6 Å². The Morgan fingerprint density at radius 2 is 2.10 bits per heavy atom. The molecule has 1 aromatic heterocycles. The van der Waals surface area contributed by atoms with Crippen LogP contribution in [0.1, 0.15) is 55.8 Å². The fourth-order valence-electron chi connectivity index (χ4n) is 2.10. The molecule has 1 heterocycles. The van der Waals surface area contributed by atoms with Crippen molar-refractivity contribution in [3.63, 3.8) is 0 Å². The Balaban J connectivity index is 2.27. The molecule has 1 aliphatic carbocycles. The van der Waals surface area contributed by atoms with E-state index in [9.17, 15) is 14.7 Å².